The Labute approximate surface area is 164 Å². The second-order valence-corrected chi connectivity index (χ2v) is 7.30. The summed E-state index contributed by atoms with van der Waals surface area (Å²) >= 11 is 0. The molecule has 1 atom stereocenters. The van der Waals surface area contributed by atoms with Crippen LogP contribution in [-0.4, -0.2) is 39.4 Å². The Kier molecular flexibility index (Phi) is 7.19. The van der Waals surface area contributed by atoms with Crippen molar-refractivity contribution in [2.24, 2.45) is 0 Å². The Bertz CT molecular complexity index is 931. The van der Waals surface area contributed by atoms with Gasteiger partial charge in [-0.25, -0.2) is 8.42 Å². The summed E-state index contributed by atoms with van der Waals surface area (Å²) in [4.78, 5) is 18.2. The van der Waals surface area contributed by atoms with Gasteiger partial charge in [-0.05, 0) is 42.0 Å². The van der Waals surface area contributed by atoms with Crippen molar-refractivity contribution in [3.05, 3.63) is 59.7 Å². The number of sulfonamides is 1. The number of aliphatic hydroxyl groups is 1. The van der Waals surface area contributed by atoms with Crippen molar-refractivity contribution in [3.8, 4) is 5.75 Å². The van der Waals surface area contributed by atoms with Crippen LogP contribution in [0.25, 0.3) is 0 Å². The quantitative estimate of drug-likeness (QED) is 0.547. The third-order valence-corrected chi connectivity index (χ3v) is 4.85. The van der Waals surface area contributed by atoms with Crippen molar-refractivity contribution in [2.75, 3.05) is 13.7 Å². The van der Waals surface area contributed by atoms with E-state index in [1.54, 1.807) is 0 Å². The highest BCUT2D eigenvalue weighted by atomic mass is 32.2. The molecular weight excluding hydrogens is 417 g/mol. The van der Waals surface area contributed by atoms with E-state index in [1.165, 1.54) is 36.4 Å². The summed E-state index contributed by atoms with van der Waals surface area (Å²) < 4.78 is 63.6. The summed E-state index contributed by atoms with van der Waals surface area (Å²) in [6.07, 6.45) is -5.99. The Morgan fingerprint density at radius 1 is 1.10 bits per heavy atom. The molecule has 158 valence electrons. The van der Waals surface area contributed by atoms with E-state index >= 15 is 0 Å². The lowest BCUT2D eigenvalue weighted by Gasteiger charge is -2.14. The molecule has 12 heteroatoms. The predicted octanol–water partition coefficient (Wildman–Crippen LogP) is 1.89. The number of rotatable bonds is 8. The molecule has 2 aromatic carbocycles. The van der Waals surface area contributed by atoms with E-state index in [9.17, 15) is 31.5 Å². The Balaban J connectivity index is 1.94. The van der Waals surface area contributed by atoms with Crippen LogP contribution < -0.4 is 14.9 Å². The second kappa shape index (κ2) is 9.22. The second-order valence-electron chi connectivity index (χ2n) is 5.66. The van der Waals surface area contributed by atoms with E-state index < -0.39 is 34.1 Å². The van der Waals surface area contributed by atoms with Crippen molar-refractivity contribution in [3.63, 3.8) is 0 Å². The van der Waals surface area contributed by atoms with Crippen LogP contribution >= 0.6 is 0 Å². The summed E-state index contributed by atoms with van der Waals surface area (Å²) in [7, 11) is -2.71. The van der Waals surface area contributed by atoms with Gasteiger partial charge in [0.05, 0.1) is 18.1 Å². The summed E-state index contributed by atoms with van der Waals surface area (Å²) in [5.41, 5.74) is 0.411. The molecule has 1 amide bonds. The first-order valence-electron chi connectivity index (χ1n) is 7.98. The van der Waals surface area contributed by atoms with Gasteiger partial charge in [-0.1, -0.05) is 17.0 Å². The molecule has 0 saturated heterocycles. The molecule has 0 radical (unpaired) electrons. The molecule has 8 nitrogen and oxygen atoms in total. The topological polar surface area (TPSA) is 114 Å². The van der Waals surface area contributed by atoms with Gasteiger partial charge >= 0.3 is 6.36 Å². The molecule has 0 heterocycles. The van der Waals surface area contributed by atoms with Gasteiger partial charge in [0.15, 0.2) is 0 Å². The fourth-order valence-electron chi connectivity index (χ4n) is 2.24. The standard InChI is InChI=1S/C17H17F3N2O6S/c1-27-22-29(25,26)14-8-4-12(5-9-14)16(24)21-10-15(23)11-2-6-13(7-3-11)28-17(18,19)20/h2-9,15,22-23H,10H2,1H3,(H,21,24). The normalized spacial score (nSPS) is 13.0. The highest BCUT2D eigenvalue weighted by molar-refractivity contribution is 7.89. The lowest BCUT2D eigenvalue weighted by molar-refractivity contribution is -0.274. The van der Waals surface area contributed by atoms with Gasteiger partial charge in [0, 0.05) is 12.1 Å². The Morgan fingerprint density at radius 3 is 2.21 bits per heavy atom. The van der Waals surface area contributed by atoms with Crippen LogP contribution in [0.1, 0.15) is 22.0 Å². The smallest absolute Gasteiger partial charge is 0.406 e. The van der Waals surface area contributed by atoms with Gasteiger partial charge in [-0.3, -0.25) is 9.63 Å². The first-order valence-corrected chi connectivity index (χ1v) is 9.47. The van der Waals surface area contributed by atoms with Crippen LogP contribution in [0.3, 0.4) is 0 Å². The molecule has 0 saturated carbocycles. The number of carbonyl (C=O) groups is 1. The zero-order chi connectivity index (χ0) is 21.7. The number of amides is 1. The van der Waals surface area contributed by atoms with Crippen molar-refractivity contribution in [1.29, 1.82) is 0 Å². The molecular formula is C17H17F3N2O6S. The van der Waals surface area contributed by atoms with Gasteiger partial charge in [0.25, 0.3) is 15.9 Å². The molecule has 2 aromatic rings. The van der Waals surface area contributed by atoms with Gasteiger partial charge in [0.1, 0.15) is 5.75 Å². The van der Waals surface area contributed by atoms with E-state index in [1.807, 2.05) is 4.89 Å². The maximum Gasteiger partial charge on any atom is 0.573 e. The maximum atomic E-state index is 12.1. The minimum atomic E-state index is -4.82. The third kappa shape index (κ3) is 6.71. The molecule has 0 aliphatic heterocycles. The summed E-state index contributed by atoms with van der Waals surface area (Å²) in [5.74, 6) is -1.01. The number of aliphatic hydroxyl groups excluding tert-OH is 1. The van der Waals surface area contributed by atoms with Gasteiger partial charge in [-0.2, -0.15) is 0 Å². The Hall–Kier alpha value is -2.67. The number of carbonyl (C=O) groups excluding carboxylic acids is 1. The van der Waals surface area contributed by atoms with Gasteiger partial charge < -0.3 is 15.2 Å². The summed E-state index contributed by atoms with van der Waals surface area (Å²) in [6.45, 7) is -0.219. The number of hydrogen-bond donors (Lipinski definition) is 3. The van der Waals surface area contributed by atoms with E-state index in [2.05, 4.69) is 14.9 Å². The molecule has 2 rings (SSSR count). The lowest BCUT2D eigenvalue weighted by Crippen LogP contribution is -2.28. The third-order valence-electron chi connectivity index (χ3n) is 3.57. The number of halogens is 3. The monoisotopic (exact) mass is 434 g/mol. The number of nitrogens with one attached hydrogen (secondary N) is 2. The number of alkyl halides is 3. The highest BCUT2D eigenvalue weighted by Gasteiger charge is 2.31. The molecule has 0 fully saturated rings. The van der Waals surface area contributed by atoms with Crippen LogP contribution in [0.15, 0.2) is 53.4 Å². The highest BCUT2D eigenvalue weighted by Crippen LogP contribution is 2.24. The van der Waals surface area contributed by atoms with Gasteiger partial charge in [0.2, 0.25) is 0 Å². The molecule has 3 N–H and O–H groups in total. The van der Waals surface area contributed by atoms with Crippen molar-refractivity contribution >= 4 is 15.9 Å². The van der Waals surface area contributed by atoms with Crippen molar-refractivity contribution < 1.29 is 41.1 Å². The Morgan fingerprint density at radius 2 is 1.69 bits per heavy atom. The van der Waals surface area contributed by atoms with Crippen LogP contribution in [0.2, 0.25) is 0 Å². The molecule has 0 aromatic heterocycles. The molecule has 0 aliphatic rings. The first kappa shape index (κ1) is 22.6. The van der Waals surface area contributed by atoms with E-state index in [0.29, 0.717) is 0 Å². The van der Waals surface area contributed by atoms with Crippen LogP contribution in [0, 0.1) is 0 Å². The first-order chi connectivity index (χ1) is 13.5. The SMILES string of the molecule is CONS(=O)(=O)c1ccc(C(=O)NCC(O)c2ccc(OC(F)(F)F)cc2)cc1. The molecule has 29 heavy (non-hydrogen) atoms. The van der Waals surface area contributed by atoms with Crippen LogP contribution in [0.5, 0.6) is 5.75 Å². The van der Waals surface area contributed by atoms with Gasteiger partial charge in [-0.15, -0.1) is 13.2 Å². The molecule has 1 unspecified atom stereocenters. The predicted molar refractivity (Wildman–Crippen MR) is 94.2 cm³/mol. The minimum absolute atomic E-state index is 0.114. The minimum Gasteiger partial charge on any atom is -0.406 e. The number of ether oxygens (including phenoxy) is 1. The van der Waals surface area contributed by atoms with Crippen LogP contribution in [-0.2, 0) is 14.9 Å². The summed E-state index contributed by atoms with van der Waals surface area (Å²) in [5, 5.41) is 12.5. The molecule has 0 spiro atoms. The average Bonchev–Trinajstić information content (AvgIpc) is 2.65. The molecule has 0 bridgehead atoms. The largest absolute Gasteiger partial charge is 0.573 e. The zero-order valence-corrected chi connectivity index (χ0v) is 15.8. The maximum absolute atomic E-state index is 12.1. The number of benzene rings is 2. The van der Waals surface area contributed by atoms with Crippen LogP contribution in [0.4, 0.5) is 13.2 Å². The van der Waals surface area contributed by atoms with Crippen molar-refractivity contribution in [1.82, 2.24) is 10.2 Å². The zero-order valence-electron chi connectivity index (χ0n) is 14.9. The number of hydrogen-bond acceptors (Lipinski definition) is 6. The average molecular weight is 434 g/mol. The molecule has 0 aliphatic carbocycles. The summed E-state index contributed by atoms with van der Waals surface area (Å²) in [6, 6.07) is 9.51. The van der Waals surface area contributed by atoms with E-state index in [-0.39, 0.29) is 22.6 Å². The van der Waals surface area contributed by atoms with E-state index in [4.69, 9.17) is 0 Å². The lowest BCUT2D eigenvalue weighted by atomic mass is 10.1. The van der Waals surface area contributed by atoms with Crippen molar-refractivity contribution in [2.45, 2.75) is 17.4 Å². The fourth-order valence-corrected chi connectivity index (χ4v) is 3.05. The fraction of sp³-hybridized carbons (Fsp3) is 0.235. The van der Waals surface area contributed by atoms with E-state index in [0.717, 1.165) is 19.2 Å².